The van der Waals surface area contributed by atoms with Crippen LogP contribution in [0.5, 0.6) is 0 Å². The number of rotatable bonds is 4. The maximum Gasteiger partial charge on any atom is 0.267 e. The van der Waals surface area contributed by atoms with E-state index in [0.29, 0.717) is 17.2 Å². The minimum absolute atomic E-state index is 0.0599. The number of nitrogens with one attached hydrogen (secondary N) is 1. The Morgan fingerprint density at radius 1 is 1.08 bits per heavy atom. The zero-order valence-corrected chi connectivity index (χ0v) is 14.3. The summed E-state index contributed by atoms with van der Waals surface area (Å²) < 4.78 is 3.12. The van der Waals surface area contributed by atoms with Gasteiger partial charge in [0.1, 0.15) is 5.69 Å². The number of anilines is 1. The summed E-state index contributed by atoms with van der Waals surface area (Å²) in [6.45, 7) is 5.23. The van der Waals surface area contributed by atoms with E-state index in [1.807, 2.05) is 44.2 Å². The van der Waals surface area contributed by atoms with E-state index in [0.717, 1.165) is 5.69 Å². The van der Waals surface area contributed by atoms with Crippen LogP contribution in [0.15, 0.2) is 53.3 Å². The molecule has 0 fully saturated rings. The van der Waals surface area contributed by atoms with Gasteiger partial charge >= 0.3 is 0 Å². The SMILES string of the molecule is CC(=O)Nc1cc(-c2ccc(=O)n(C(C)C)n2)n(-c2ccccc2)n1. The molecule has 0 aliphatic rings. The van der Waals surface area contributed by atoms with Crippen molar-refractivity contribution in [2.45, 2.75) is 26.8 Å². The fraction of sp³-hybridized carbons (Fsp3) is 0.222. The van der Waals surface area contributed by atoms with E-state index in [2.05, 4.69) is 15.5 Å². The molecular weight excluding hydrogens is 318 g/mol. The van der Waals surface area contributed by atoms with Crippen LogP contribution in [0.4, 0.5) is 5.82 Å². The van der Waals surface area contributed by atoms with Crippen molar-refractivity contribution in [1.82, 2.24) is 19.6 Å². The summed E-state index contributed by atoms with van der Waals surface area (Å²) in [5, 5.41) is 11.6. The molecule has 3 aromatic rings. The first-order valence-corrected chi connectivity index (χ1v) is 7.99. The molecule has 0 unspecified atom stereocenters. The highest BCUT2D eigenvalue weighted by Crippen LogP contribution is 2.24. The molecule has 0 saturated carbocycles. The predicted octanol–water partition coefficient (Wildman–Crippen LogP) is 2.64. The van der Waals surface area contributed by atoms with E-state index in [9.17, 15) is 9.59 Å². The molecule has 2 heterocycles. The number of nitrogens with zero attached hydrogens (tertiary/aromatic N) is 4. The Balaban J connectivity index is 2.17. The van der Waals surface area contributed by atoms with Gasteiger partial charge in [-0.1, -0.05) is 18.2 Å². The molecule has 25 heavy (non-hydrogen) atoms. The maximum atomic E-state index is 12.0. The number of hydrogen-bond donors (Lipinski definition) is 1. The van der Waals surface area contributed by atoms with Gasteiger partial charge in [0.25, 0.3) is 5.56 Å². The highest BCUT2D eigenvalue weighted by Gasteiger charge is 2.15. The number of carbonyl (C=O) groups excluding carboxylic acids is 1. The second-order valence-corrected chi connectivity index (χ2v) is 5.94. The fourth-order valence-corrected chi connectivity index (χ4v) is 2.50. The van der Waals surface area contributed by atoms with Crippen molar-refractivity contribution in [3.05, 3.63) is 58.9 Å². The Labute approximate surface area is 144 Å². The number of para-hydroxylation sites is 1. The van der Waals surface area contributed by atoms with Crippen LogP contribution in [0.3, 0.4) is 0 Å². The first kappa shape index (κ1) is 16.6. The van der Waals surface area contributed by atoms with Crippen LogP contribution in [-0.4, -0.2) is 25.5 Å². The molecule has 0 aliphatic heterocycles. The Morgan fingerprint density at radius 2 is 1.80 bits per heavy atom. The lowest BCUT2D eigenvalue weighted by atomic mass is 10.2. The molecule has 0 saturated heterocycles. The van der Waals surface area contributed by atoms with Crippen molar-refractivity contribution in [2.75, 3.05) is 5.32 Å². The summed E-state index contributed by atoms with van der Waals surface area (Å²) in [5.41, 5.74) is 1.95. The van der Waals surface area contributed by atoms with Gasteiger partial charge in [0.2, 0.25) is 5.91 Å². The second-order valence-electron chi connectivity index (χ2n) is 5.94. The molecule has 0 atom stereocenters. The molecule has 0 spiro atoms. The van der Waals surface area contributed by atoms with E-state index >= 15 is 0 Å². The Morgan fingerprint density at radius 3 is 2.44 bits per heavy atom. The minimum atomic E-state index is -0.204. The third-order valence-electron chi connectivity index (χ3n) is 3.59. The molecule has 7 heteroatoms. The van der Waals surface area contributed by atoms with Crippen molar-refractivity contribution >= 4 is 11.7 Å². The third kappa shape index (κ3) is 3.50. The molecule has 1 N–H and O–H groups in total. The first-order valence-electron chi connectivity index (χ1n) is 7.99. The summed E-state index contributed by atoms with van der Waals surface area (Å²) in [6, 6.07) is 14.4. The summed E-state index contributed by atoms with van der Waals surface area (Å²) in [7, 11) is 0. The number of carbonyl (C=O) groups is 1. The van der Waals surface area contributed by atoms with Crippen LogP contribution in [0.1, 0.15) is 26.8 Å². The van der Waals surface area contributed by atoms with E-state index in [1.54, 1.807) is 16.8 Å². The van der Waals surface area contributed by atoms with Crippen LogP contribution in [0, 0.1) is 0 Å². The summed E-state index contributed by atoms with van der Waals surface area (Å²) in [4.78, 5) is 23.3. The molecule has 2 aromatic heterocycles. The third-order valence-corrected chi connectivity index (χ3v) is 3.59. The normalized spacial score (nSPS) is 10.9. The predicted molar refractivity (Wildman–Crippen MR) is 95.7 cm³/mol. The van der Waals surface area contributed by atoms with Crippen molar-refractivity contribution in [3.8, 4) is 17.1 Å². The van der Waals surface area contributed by atoms with Crippen molar-refractivity contribution in [1.29, 1.82) is 0 Å². The molecule has 1 amide bonds. The monoisotopic (exact) mass is 337 g/mol. The molecular formula is C18H19N5O2. The van der Waals surface area contributed by atoms with Gasteiger partial charge in [-0.2, -0.15) is 5.10 Å². The van der Waals surface area contributed by atoms with Crippen molar-refractivity contribution < 1.29 is 4.79 Å². The molecule has 128 valence electrons. The smallest absolute Gasteiger partial charge is 0.267 e. The van der Waals surface area contributed by atoms with E-state index in [4.69, 9.17) is 0 Å². The van der Waals surface area contributed by atoms with Gasteiger partial charge in [-0.3, -0.25) is 9.59 Å². The van der Waals surface area contributed by atoms with Crippen LogP contribution in [0.25, 0.3) is 17.1 Å². The van der Waals surface area contributed by atoms with Crippen LogP contribution in [-0.2, 0) is 4.79 Å². The number of amides is 1. The maximum absolute atomic E-state index is 12.0. The van der Waals surface area contributed by atoms with Gasteiger partial charge in [-0.25, -0.2) is 9.36 Å². The molecule has 1 aromatic carbocycles. The summed E-state index contributed by atoms with van der Waals surface area (Å²) >= 11 is 0. The molecule has 3 rings (SSSR count). The Kier molecular flexibility index (Phi) is 4.47. The average molecular weight is 337 g/mol. The van der Waals surface area contributed by atoms with Crippen LogP contribution >= 0.6 is 0 Å². The minimum Gasteiger partial charge on any atom is -0.309 e. The van der Waals surface area contributed by atoms with E-state index in [-0.39, 0.29) is 17.5 Å². The molecule has 0 aliphatic carbocycles. The quantitative estimate of drug-likeness (QED) is 0.793. The van der Waals surface area contributed by atoms with Gasteiger partial charge in [0, 0.05) is 19.1 Å². The number of hydrogen-bond acceptors (Lipinski definition) is 4. The Hall–Kier alpha value is -3.22. The van der Waals surface area contributed by atoms with Crippen LogP contribution < -0.4 is 10.9 Å². The van der Waals surface area contributed by atoms with Crippen molar-refractivity contribution in [2.24, 2.45) is 0 Å². The van der Waals surface area contributed by atoms with Crippen molar-refractivity contribution in [3.63, 3.8) is 0 Å². The topological polar surface area (TPSA) is 81.8 Å². The summed E-state index contributed by atoms with van der Waals surface area (Å²) in [6.07, 6.45) is 0. The molecule has 0 radical (unpaired) electrons. The largest absolute Gasteiger partial charge is 0.309 e. The lowest BCUT2D eigenvalue weighted by molar-refractivity contribution is -0.114. The highest BCUT2D eigenvalue weighted by molar-refractivity contribution is 5.88. The number of benzene rings is 1. The second kappa shape index (κ2) is 6.72. The average Bonchev–Trinajstić information content (AvgIpc) is 2.99. The Bertz CT molecular complexity index is 957. The first-order chi connectivity index (χ1) is 12.0. The molecule has 0 bridgehead atoms. The van der Waals surface area contributed by atoms with Gasteiger partial charge in [0.15, 0.2) is 5.82 Å². The van der Waals surface area contributed by atoms with Crippen LogP contribution in [0.2, 0.25) is 0 Å². The van der Waals surface area contributed by atoms with Gasteiger partial charge < -0.3 is 5.32 Å². The summed E-state index contributed by atoms with van der Waals surface area (Å²) in [5.74, 6) is 0.222. The van der Waals surface area contributed by atoms with Gasteiger partial charge in [-0.05, 0) is 32.0 Å². The fourth-order valence-electron chi connectivity index (χ4n) is 2.50. The zero-order valence-electron chi connectivity index (χ0n) is 14.3. The lowest BCUT2D eigenvalue weighted by Gasteiger charge is -2.11. The van der Waals surface area contributed by atoms with E-state index in [1.165, 1.54) is 17.7 Å². The standard InChI is InChI=1S/C18H19N5O2/c1-12(2)22-18(25)10-9-15(20-22)16-11-17(19-13(3)24)21-23(16)14-7-5-4-6-8-14/h4-12H,1-3H3,(H,19,21,24). The van der Waals surface area contributed by atoms with Gasteiger partial charge in [0.05, 0.1) is 17.4 Å². The van der Waals surface area contributed by atoms with E-state index < -0.39 is 0 Å². The number of aromatic nitrogens is 4. The van der Waals surface area contributed by atoms with Gasteiger partial charge in [-0.15, -0.1) is 5.10 Å². The zero-order chi connectivity index (χ0) is 18.0. The lowest BCUT2D eigenvalue weighted by Crippen LogP contribution is -2.24. The highest BCUT2D eigenvalue weighted by atomic mass is 16.1. The molecule has 7 nitrogen and oxygen atoms in total.